The molecule has 96 valence electrons. The van der Waals surface area contributed by atoms with Gasteiger partial charge in [-0.2, -0.15) is 0 Å². The van der Waals surface area contributed by atoms with Crippen molar-refractivity contribution in [2.24, 2.45) is 0 Å². The van der Waals surface area contributed by atoms with Crippen molar-refractivity contribution < 1.29 is 4.79 Å². The van der Waals surface area contributed by atoms with Crippen molar-refractivity contribution in [1.82, 2.24) is 10.6 Å². The molecule has 1 aliphatic carbocycles. The van der Waals surface area contributed by atoms with Crippen LogP contribution in [0.1, 0.15) is 37.2 Å². The molecule has 1 aliphatic heterocycles. The molecule has 1 aromatic rings. The van der Waals surface area contributed by atoms with Crippen LogP contribution >= 0.6 is 0 Å². The Morgan fingerprint density at radius 2 is 2.00 bits per heavy atom. The van der Waals surface area contributed by atoms with Gasteiger partial charge in [0.2, 0.25) is 5.91 Å². The molecule has 1 saturated carbocycles. The molecule has 1 amide bonds. The van der Waals surface area contributed by atoms with E-state index < -0.39 is 0 Å². The van der Waals surface area contributed by atoms with Crippen LogP contribution in [0.5, 0.6) is 0 Å². The van der Waals surface area contributed by atoms with Crippen molar-refractivity contribution in [1.29, 1.82) is 0 Å². The standard InChI is InChI=1S/C15H20N2O/c18-15(14-7-4-8-16-14)17-13-9-12(10-13)11-5-2-1-3-6-11/h1-3,5-6,12-14,16H,4,7-10H2,(H,17,18). The van der Waals surface area contributed by atoms with Crippen LogP contribution in [0.3, 0.4) is 0 Å². The molecular weight excluding hydrogens is 224 g/mol. The highest BCUT2D eigenvalue weighted by molar-refractivity contribution is 5.82. The van der Waals surface area contributed by atoms with Gasteiger partial charge in [-0.3, -0.25) is 4.79 Å². The summed E-state index contributed by atoms with van der Waals surface area (Å²) in [5, 5.41) is 6.40. The zero-order valence-electron chi connectivity index (χ0n) is 10.6. The lowest BCUT2D eigenvalue weighted by molar-refractivity contribution is -0.124. The number of nitrogens with one attached hydrogen (secondary N) is 2. The van der Waals surface area contributed by atoms with Gasteiger partial charge >= 0.3 is 0 Å². The first kappa shape index (κ1) is 11.7. The van der Waals surface area contributed by atoms with Gasteiger partial charge in [-0.05, 0) is 43.7 Å². The van der Waals surface area contributed by atoms with E-state index in [1.165, 1.54) is 5.56 Å². The predicted molar refractivity (Wildman–Crippen MR) is 71.4 cm³/mol. The summed E-state index contributed by atoms with van der Waals surface area (Å²) in [6.07, 6.45) is 4.28. The molecule has 2 aliphatic rings. The molecule has 0 aromatic heterocycles. The van der Waals surface area contributed by atoms with E-state index in [0.29, 0.717) is 12.0 Å². The highest BCUT2D eigenvalue weighted by atomic mass is 16.2. The molecule has 3 rings (SSSR count). The largest absolute Gasteiger partial charge is 0.352 e. The second-order valence-corrected chi connectivity index (χ2v) is 5.43. The lowest BCUT2D eigenvalue weighted by Gasteiger charge is -2.36. The fourth-order valence-corrected chi connectivity index (χ4v) is 2.94. The molecule has 3 heteroatoms. The highest BCUT2D eigenvalue weighted by Crippen LogP contribution is 2.36. The van der Waals surface area contributed by atoms with Crippen molar-refractivity contribution in [3.05, 3.63) is 35.9 Å². The maximum Gasteiger partial charge on any atom is 0.237 e. The van der Waals surface area contributed by atoms with Gasteiger partial charge in [0.15, 0.2) is 0 Å². The summed E-state index contributed by atoms with van der Waals surface area (Å²) in [5.41, 5.74) is 1.40. The smallest absolute Gasteiger partial charge is 0.237 e. The van der Waals surface area contributed by atoms with Crippen molar-refractivity contribution in [2.45, 2.75) is 43.7 Å². The first-order valence-electron chi connectivity index (χ1n) is 6.91. The van der Waals surface area contributed by atoms with Crippen LogP contribution in [-0.2, 0) is 4.79 Å². The third-order valence-corrected chi connectivity index (χ3v) is 4.13. The monoisotopic (exact) mass is 244 g/mol. The van der Waals surface area contributed by atoms with Crippen LogP contribution in [0.15, 0.2) is 30.3 Å². The van der Waals surface area contributed by atoms with Gasteiger partial charge in [-0.1, -0.05) is 30.3 Å². The second kappa shape index (κ2) is 5.11. The van der Waals surface area contributed by atoms with E-state index in [1.54, 1.807) is 0 Å². The van der Waals surface area contributed by atoms with Gasteiger partial charge in [-0.25, -0.2) is 0 Å². The number of benzene rings is 1. The summed E-state index contributed by atoms with van der Waals surface area (Å²) >= 11 is 0. The number of amides is 1. The Labute approximate surface area is 108 Å². The van der Waals surface area contributed by atoms with Gasteiger partial charge in [0.25, 0.3) is 0 Å². The zero-order valence-corrected chi connectivity index (χ0v) is 10.6. The average Bonchev–Trinajstić information content (AvgIpc) is 2.88. The number of hydrogen-bond acceptors (Lipinski definition) is 2. The molecule has 0 radical (unpaired) electrons. The van der Waals surface area contributed by atoms with Gasteiger partial charge in [0.05, 0.1) is 6.04 Å². The molecule has 0 spiro atoms. The second-order valence-electron chi connectivity index (χ2n) is 5.43. The van der Waals surface area contributed by atoms with Gasteiger partial charge < -0.3 is 10.6 Å². The highest BCUT2D eigenvalue weighted by Gasteiger charge is 2.33. The molecular formula is C15H20N2O. The first-order valence-corrected chi connectivity index (χ1v) is 6.91. The average molecular weight is 244 g/mol. The van der Waals surface area contributed by atoms with Crippen LogP contribution in [-0.4, -0.2) is 24.5 Å². The zero-order chi connectivity index (χ0) is 12.4. The van der Waals surface area contributed by atoms with Crippen molar-refractivity contribution in [3.8, 4) is 0 Å². The van der Waals surface area contributed by atoms with Gasteiger partial charge in [0, 0.05) is 6.04 Å². The molecule has 1 aromatic carbocycles. The Balaban J connectivity index is 1.46. The fourth-order valence-electron chi connectivity index (χ4n) is 2.94. The fraction of sp³-hybridized carbons (Fsp3) is 0.533. The SMILES string of the molecule is O=C(NC1CC(c2ccccc2)C1)C1CCCN1. The van der Waals surface area contributed by atoms with E-state index in [4.69, 9.17) is 0 Å². The van der Waals surface area contributed by atoms with Crippen molar-refractivity contribution in [3.63, 3.8) is 0 Å². The molecule has 1 unspecified atom stereocenters. The van der Waals surface area contributed by atoms with Crippen molar-refractivity contribution in [2.75, 3.05) is 6.54 Å². The predicted octanol–water partition coefficient (Wildman–Crippen LogP) is 1.80. The Bertz CT molecular complexity index is 406. The number of carbonyl (C=O) groups excluding carboxylic acids is 1. The molecule has 2 fully saturated rings. The minimum Gasteiger partial charge on any atom is -0.352 e. The number of carbonyl (C=O) groups is 1. The minimum atomic E-state index is 0.0563. The number of rotatable bonds is 3. The maximum atomic E-state index is 11.9. The normalized spacial score (nSPS) is 30.8. The van der Waals surface area contributed by atoms with E-state index in [9.17, 15) is 4.79 Å². The molecule has 18 heavy (non-hydrogen) atoms. The van der Waals surface area contributed by atoms with Crippen molar-refractivity contribution >= 4 is 5.91 Å². The van der Waals surface area contributed by atoms with E-state index in [-0.39, 0.29) is 11.9 Å². The van der Waals surface area contributed by atoms with Crippen LogP contribution in [0, 0.1) is 0 Å². The van der Waals surface area contributed by atoms with Crippen LogP contribution < -0.4 is 10.6 Å². The summed E-state index contributed by atoms with van der Waals surface area (Å²) in [7, 11) is 0. The summed E-state index contributed by atoms with van der Waals surface area (Å²) in [6, 6.07) is 11.0. The first-order chi connectivity index (χ1) is 8.83. The minimum absolute atomic E-state index is 0.0563. The number of hydrogen-bond donors (Lipinski definition) is 2. The third kappa shape index (κ3) is 2.41. The lowest BCUT2D eigenvalue weighted by atomic mass is 9.76. The summed E-state index contributed by atoms with van der Waals surface area (Å²) in [6.45, 7) is 0.982. The van der Waals surface area contributed by atoms with Gasteiger partial charge in [-0.15, -0.1) is 0 Å². The molecule has 0 bridgehead atoms. The molecule has 1 atom stereocenters. The van der Waals surface area contributed by atoms with Crippen LogP contribution in [0.25, 0.3) is 0 Å². The molecule has 1 heterocycles. The summed E-state index contributed by atoms with van der Waals surface area (Å²) < 4.78 is 0. The Kier molecular flexibility index (Phi) is 3.33. The molecule has 1 saturated heterocycles. The quantitative estimate of drug-likeness (QED) is 0.851. The van der Waals surface area contributed by atoms with E-state index in [1.807, 2.05) is 6.07 Å². The van der Waals surface area contributed by atoms with E-state index >= 15 is 0 Å². The molecule has 2 N–H and O–H groups in total. The third-order valence-electron chi connectivity index (χ3n) is 4.13. The Hall–Kier alpha value is -1.35. The summed E-state index contributed by atoms with van der Waals surface area (Å²) in [5.74, 6) is 0.831. The lowest BCUT2D eigenvalue weighted by Crippen LogP contribution is -2.49. The van der Waals surface area contributed by atoms with Crippen LogP contribution in [0.4, 0.5) is 0 Å². The van der Waals surface area contributed by atoms with E-state index in [2.05, 4.69) is 34.9 Å². The van der Waals surface area contributed by atoms with Crippen LogP contribution in [0.2, 0.25) is 0 Å². The van der Waals surface area contributed by atoms with E-state index in [0.717, 1.165) is 32.2 Å². The Morgan fingerprint density at radius 3 is 2.67 bits per heavy atom. The Morgan fingerprint density at radius 1 is 1.22 bits per heavy atom. The summed E-state index contributed by atoms with van der Waals surface area (Å²) in [4.78, 5) is 11.9. The maximum absolute atomic E-state index is 11.9. The van der Waals surface area contributed by atoms with Gasteiger partial charge in [0.1, 0.15) is 0 Å². The molecule has 3 nitrogen and oxygen atoms in total. The topological polar surface area (TPSA) is 41.1 Å².